The average molecular weight is 401 g/mol. The van der Waals surface area contributed by atoms with Gasteiger partial charge in [-0.25, -0.2) is 0 Å². The number of hydrogen-bond acceptors (Lipinski definition) is 4. The second-order valence-corrected chi connectivity index (χ2v) is 7.25. The minimum absolute atomic E-state index is 0.0124. The zero-order valence-electron chi connectivity index (χ0n) is 16.8. The van der Waals surface area contributed by atoms with Crippen LogP contribution in [-0.2, 0) is 11.4 Å². The third-order valence-electron chi connectivity index (χ3n) is 5.01. The summed E-state index contributed by atoms with van der Waals surface area (Å²) in [7, 11) is 0. The first kappa shape index (κ1) is 21.3. The molecule has 30 heavy (non-hydrogen) atoms. The lowest BCUT2D eigenvalue weighted by atomic mass is 9.86. The van der Waals surface area contributed by atoms with Gasteiger partial charge in [-0.2, -0.15) is 0 Å². The number of rotatable bonds is 11. The Kier molecular flexibility index (Phi) is 7.78. The maximum Gasteiger partial charge on any atom is 0.170 e. The molecule has 3 aromatic rings. The van der Waals surface area contributed by atoms with Crippen LogP contribution in [0.1, 0.15) is 53.1 Å². The molecule has 0 saturated heterocycles. The number of carbonyl (C=O) groups is 2. The molecule has 4 nitrogen and oxygen atoms in total. The molecular weight excluding hydrogens is 376 g/mol. The monoisotopic (exact) mass is 401 g/mol. The fraction of sp³-hybridized carbons (Fsp3) is 0.231. The molecule has 0 amide bonds. The molecule has 0 aliphatic rings. The molecule has 0 aromatic heterocycles. The SMILES string of the molecule is O=C([O-])CCCCC(C(=O)c1cccc(OCc2ccccc2)c1)c1ccccc1. The first-order valence-electron chi connectivity index (χ1n) is 10.2. The van der Waals surface area contributed by atoms with Crippen LogP contribution in [0.4, 0.5) is 0 Å². The molecule has 0 N–H and O–H groups in total. The van der Waals surface area contributed by atoms with Crippen LogP contribution in [0.25, 0.3) is 0 Å². The summed E-state index contributed by atoms with van der Waals surface area (Å²) in [5, 5.41) is 10.7. The van der Waals surface area contributed by atoms with Crippen molar-refractivity contribution in [3.8, 4) is 5.75 Å². The minimum atomic E-state index is -1.05. The van der Waals surface area contributed by atoms with E-state index in [1.54, 1.807) is 12.1 Å². The highest BCUT2D eigenvalue weighted by Gasteiger charge is 2.22. The van der Waals surface area contributed by atoms with E-state index in [9.17, 15) is 14.7 Å². The zero-order chi connectivity index (χ0) is 21.2. The predicted octanol–water partition coefficient (Wildman–Crippen LogP) is 4.54. The van der Waals surface area contributed by atoms with E-state index in [0.29, 0.717) is 37.2 Å². The van der Waals surface area contributed by atoms with Crippen LogP contribution in [0, 0.1) is 0 Å². The van der Waals surface area contributed by atoms with Gasteiger partial charge in [-0.15, -0.1) is 0 Å². The van der Waals surface area contributed by atoms with Gasteiger partial charge in [0.15, 0.2) is 5.78 Å². The first-order chi connectivity index (χ1) is 14.6. The standard InChI is InChI=1S/C26H26O4/c27-25(28)17-8-7-16-24(21-12-5-2-6-13-21)26(29)22-14-9-15-23(18-22)30-19-20-10-3-1-4-11-20/h1-6,9-15,18,24H,7-8,16-17,19H2,(H,27,28)/p-1. The summed E-state index contributed by atoms with van der Waals surface area (Å²) < 4.78 is 5.87. The molecular formula is C26H25O4-. The van der Waals surface area contributed by atoms with Crippen LogP contribution in [0.2, 0.25) is 0 Å². The molecule has 0 aliphatic carbocycles. The summed E-state index contributed by atoms with van der Waals surface area (Å²) in [4.78, 5) is 24.0. The Morgan fingerprint density at radius 2 is 1.53 bits per heavy atom. The lowest BCUT2D eigenvalue weighted by Gasteiger charge is -2.17. The largest absolute Gasteiger partial charge is 0.550 e. The molecule has 0 bridgehead atoms. The van der Waals surface area contributed by atoms with Crippen LogP contribution >= 0.6 is 0 Å². The summed E-state index contributed by atoms with van der Waals surface area (Å²) in [6, 6.07) is 26.7. The molecule has 3 rings (SSSR count). The van der Waals surface area contributed by atoms with Gasteiger partial charge < -0.3 is 14.6 Å². The predicted molar refractivity (Wildman–Crippen MR) is 114 cm³/mol. The molecule has 0 heterocycles. The van der Waals surface area contributed by atoms with E-state index in [1.165, 1.54) is 0 Å². The number of carboxylic acid groups (broad SMARTS) is 1. The van der Waals surface area contributed by atoms with E-state index in [4.69, 9.17) is 4.74 Å². The van der Waals surface area contributed by atoms with Gasteiger partial charge in [-0.3, -0.25) is 4.79 Å². The van der Waals surface area contributed by atoms with Crippen LogP contribution in [0.15, 0.2) is 84.9 Å². The smallest absolute Gasteiger partial charge is 0.170 e. The van der Waals surface area contributed by atoms with Crippen molar-refractivity contribution in [2.75, 3.05) is 0 Å². The Balaban J connectivity index is 1.72. The van der Waals surface area contributed by atoms with E-state index in [1.807, 2.05) is 72.8 Å². The summed E-state index contributed by atoms with van der Waals surface area (Å²) in [6.45, 7) is 0.434. The maximum atomic E-state index is 13.3. The van der Waals surface area contributed by atoms with E-state index >= 15 is 0 Å². The number of ketones is 1. The van der Waals surface area contributed by atoms with E-state index in [0.717, 1.165) is 11.1 Å². The number of carboxylic acids is 1. The van der Waals surface area contributed by atoms with Gasteiger partial charge >= 0.3 is 0 Å². The van der Waals surface area contributed by atoms with Crippen molar-refractivity contribution in [2.45, 2.75) is 38.2 Å². The van der Waals surface area contributed by atoms with Gasteiger partial charge in [0.25, 0.3) is 0 Å². The summed E-state index contributed by atoms with van der Waals surface area (Å²) in [6.07, 6.45) is 1.74. The van der Waals surface area contributed by atoms with Crippen LogP contribution in [-0.4, -0.2) is 11.8 Å². The zero-order valence-corrected chi connectivity index (χ0v) is 16.8. The molecule has 0 radical (unpaired) electrons. The Labute approximate surface area is 177 Å². The fourth-order valence-corrected chi connectivity index (χ4v) is 3.43. The van der Waals surface area contributed by atoms with Crippen molar-refractivity contribution in [3.63, 3.8) is 0 Å². The summed E-state index contributed by atoms with van der Waals surface area (Å²) in [5.74, 6) is -0.716. The van der Waals surface area contributed by atoms with Crippen molar-refractivity contribution in [2.24, 2.45) is 0 Å². The molecule has 1 atom stereocenters. The van der Waals surface area contributed by atoms with E-state index in [-0.39, 0.29) is 18.1 Å². The Morgan fingerprint density at radius 1 is 0.833 bits per heavy atom. The number of hydrogen-bond donors (Lipinski definition) is 0. The molecule has 0 aliphatic heterocycles. The van der Waals surface area contributed by atoms with Gasteiger partial charge in [0.1, 0.15) is 12.4 Å². The molecule has 1 unspecified atom stereocenters. The van der Waals surface area contributed by atoms with Crippen molar-refractivity contribution in [3.05, 3.63) is 102 Å². The number of benzene rings is 3. The van der Waals surface area contributed by atoms with Crippen LogP contribution in [0.5, 0.6) is 5.75 Å². The molecule has 4 heteroatoms. The highest BCUT2D eigenvalue weighted by atomic mass is 16.5. The molecule has 0 saturated carbocycles. The topological polar surface area (TPSA) is 66.4 Å². The second kappa shape index (κ2) is 11.0. The minimum Gasteiger partial charge on any atom is -0.550 e. The molecule has 0 fully saturated rings. The number of ether oxygens (including phenoxy) is 1. The van der Waals surface area contributed by atoms with Crippen molar-refractivity contribution in [1.82, 2.24) is 0 Å². The molecule has 3 aromatic carbocycles. The second-order valence-electron chi connectivity index (χ2n) is 7.25. The van der Waals surface area contributed by atoms with Crippen LogP contribution in [0.3, 0.4) is 0 Å². The third-order valence-corrected chi connectivity index (χ3v) is 5.01. The van der Waals surface area contributed by atoms with Gasteiger partial charge in [-0.05, 0) is 42.5 Å². The third kappa shape index (κ3) is 6.31. The van der Waals surface area contributed by atoms with Crippen molar-refractivity contribution in [1.29, 1.82) is 0 Å². The Morgan fingerprint density at radius 3 is 2.23 bits per heavy atom. The van der Waals surface area contributed by atoms with Gasteiger partial charge in [-0.1, -0.05) is 79.2 Å². The Hall–Kier alpha value is -3.40. The van der Waals surface area contributed by atoms with E-state index < -0.39 is 5.97 Å². The van der Waals surface area contributed by atoms with Gasteiger partial charge in [0, 0.05) is 17.5 Å². The number of aliphatic carboxylic acids is 1. The lowest BCUT2D eigenvalue weighted by molar-refractivity contribution is -0.305. The van der Waals surface area contributed by atoms with Crippen molar-refractivity contribution >= 4 is 11.8 Å². The highest BCUT2D eigenvalue weighted by molar-refractivity contribution is 6.01. The summed E-state index contributed by atoms with van der Waals surface area (Å²) in [5.41, 5.74) is 2.59. The fourth-order valence-electron chi connectivity index (χ4n) is 3.43. The number of Topliss-reactive ketones (excluding diaryl/α,β-unsaturated/α-hetero) is 1. The van der Waals surface area contributed by atoms with Gasteiger partial charge in [0.2, 0.25) is 0 Å². The maximum absolute atomic E-state index is 13.3. The molecule has 0 spiro atoms. The quantitative estimate of drug-likeness (QED) is 0.349. The normalized spacial score (nSPS) is 11.6. The van der Waals surface area contributed by atoms with Gasteiger partial charge in [0.05, 0.1) is 0 Å². The number of unbranched alkanes of at least 4 members (excludes halogenated alkanes) is 1. The van der Waals surface area contributed by atoms with Crippen molar-refractivity contribution < 1.29 is 19.4 Å². The van der Waals surface area contributed by atoms with E-state index in [2.05, 4.69) is 0 Å². The Bertz CT molecular complexity index is 951. The molecule has 154 valence electrons. The highest BCUT2D eigenvalue weighted by Crippen LogP contribution is 2.28. The lowest BCUT2D eigenvalue weighted by Crippen LogP contribution is -2.21. The average Bonchev–Trinajstić information content (AvgIpc) is 2.78. The number of carbonyl (C=O) groups excluding carboxylic acids is 2. The first-order valence-corrected chi connectivity index (χ1v) is 10.2. The van der Waals surface area contributed by atoms with Crippen LogP contribution < -0.4 is 9.84 Å². The summed E-state index contributed by atoms with van der Waals surface area (Å²) >= 11 is 0.